The molecule has 0 amide bonds. The highest BCUT2D eigenvalue weighted by Crippen LogP contribution is 2.42. The number of nitrogens with one attached hydrogen (secondary N) is 1. The molecule has 1 aliphatic heterocycles. The first-order valence-corrected chi connectivity index (χ1v) is 10.4. The van der Waals surface area contributed by atoms with E-state index in [-0.39, 0.29) is 0 Å². The molecule has 0 spiro atoms. The third-order valence-corrected chi connectivity index (χ3v) is 5.99. The summed E-state index contributed by atoms with van der Waals surface area (Å²) in [6, 6.07) is 8.94. The van der Waals surface area contributed by atoms with Gasteiger partial charge < -0.3 is 24.3 Å². The number of nitrogens with zero attached hydrogens (tertiary/aromatic N) is 1. The monoisotopic (exact) mass is 456 g/mol. The van der Waals surface area contributed by atoms with Crippen LogP contribution in [0.4, 0.5) is 5.69 Å². The van der Waals surface area contributed by atoms with Gasteiger partial charge in [0.1, 0.15) is 5.75 Å². The van der Waals surface area contributed by atoms with Crippen LogP contribution in [0.2, 0.25) is 0 Å². The van der Waals surface area contributed by atoms with Crippen LogP contribution in [0.3, 0.4) is 0 Å². The zero-order valence-electron chi connectivity index (χ0n) is 19.4. The van der Waals surface area contributed by atoms with Crippen molar-refractivity contribution in [1.29, 1.82) is 0 Å². The van der Waals surface area contributed by atoms with E-state index in [2.05, 4.69) is 5.32 Å². The number of aryl methyl sites for hydroxylation is 2. The summed E-state index contributed by atoms with van der Waals surface area (Å²) in [5.41, 5.74) is 4.93. The molecule has 1 heterocycles. The maximum Gasteiger partial charge on any atom is 0.337 e. The van der Waals surface area contributed by atoms with Crippen LogP contribution in [0.5, 0.6) is 17.2 Å². The van der Waals surface area contributed by atoms with Crippen molar-refractivity contribution in [2.24, 2.45) is 0 Å². The Morgan fingerprint density at radius 3 is 2.09 bits per heavy atom. The van der Waals surface area contributed by atoms with Crippen LogP contribution >= 0.6 is 12.2 Å². The summed E-state index contributed by atoms with van der Waals surface area (Å²) < 4.78 is 21.6. The summed E-state index contributed by atoms with van der Waals surface area (Å²) in [6.45, 7) is 5.94. The van der Waals surface area contributed by atoms with Crippen molar-refractivity contribution in [2.45, 2.75) is 26.8 Å². The van der Waals surface area contributed by atoms with Crippen molar-refractivity contribution in [2.75, 3.05) is 33.3 Å². The standard InChI is InChI=1S/C24H28N2O5S/c1-13-8-9-16(10-14(13)2)26-15(3)21(23(27)31-7)22(25-24(26)32)17-11-19(29-5)20(30-6)12-18(17)28-4/h8-12,22H,1-7H3,(H,25,32). The lowest BCUT2D eigenvalue weighted by Gasteiger charge is -2.38. The van der Waals surface area contributed by atoms with Gasteiger partial charge in [0, 0.05) is 23.0 Å². The van der Waals surface area contributed by atoms with E-state index in [1.54, 1.807) is 33.5 Å². The average molecular weight is 457 g/mol. The fourth-order valence-corrected chi connectivity index (χ4v) is 4.16. The smallest absolute Gasteiger partial charge is 0.337 e. The van der Waals surface area contributed by atoms with Crippen molar-refractivity contribution < 1.29 is 23.7 Å². The number of methoxy groups -OCH3 is 4. The largest absolute Gasteiger partial charge is 0.496 e. The number of esters is 1. The van der Waals surface area contributed by atoms with Gasteiger partial charge in [0.25, 0.3) is 0 Å². The van der Waals surface area contributed by atoms with Crippen LogP contribution in [0.15, 0.2) is 41.6 Å². The number of anilines is 1. The number of rotatable bonds is 6. The predicted octanol–water partition coefficient (Wildman–Crippen LogP) is 4.21. The minimum absolute atomic E-state index is 0.421. The number of ether oxygens (including phenoxy) is 4. The van der Waals surface area contributed by atoms with E-state index in [1.165, 1.54) is 12.7 Å². The predicted molar refractivity (Wildman–Crippen MR) is 128 cm³/mol. The number of carbonyl (C=O) groups excluding carboxylic acids is 1. The van der Waals surface area contributed by atoms with Gasteiger partial charge in [-0.05, 0) is 62.3 Å². The first kappa shape index (κ1) is 23.4. The van der Waals surface area contributed by atoms with Crippen LogP contribution in [0.1, 0.15) is 29.7 Å². The Kier molecular flexibility index (Phi) is 6.93. The summed E-state index contributed by atoms with van der Waals surface area (Å²) in [5.74, 6) is 1.09. The van der Waals surface area contributed by atoms with Gasteiger partial charge in [-0.25, -0.2) is 4.79 Å². The van der Waals surface area contributed by atoms with Crippen LogP contribution in [-0.4, -0.2) is 39.5 Å². The molecule has 0 aliphatic carbocycles. The van der Waals surface area contributed by atoms with Crippen molar-refractivity contribution >= 4 is 29.0 Å². The average Bonchev–Trinajstić information content (AvgIpc) is 2.79. The molecule has 0 saturated heterocycles. The van der Waals surface area contributed by atoms with Gasteiger partial charge >= 0.3 is 5.97 Å². The SMILES string of the molecule is COC(=O)C1=C(C)N(c2ccc(C)c(C)c2)C(=S)NC1c1cc(OC)c(OC)cc1OC. The Bertz CT molecular complexity index is 1100. The van der Waals surface area contributed by atoms with Crippen LogP contribution in [-0.2, 0) is 9.53 Å². The molecule has 1 N–H and O–H groups in total. The number of hydrogen-bond acceptors (Lipinski definition) is 6. The molecular formula is C24H28N2O5S. The number of carbonyl (C=O) groups is 1. The van der Waals surface area contributed by atoms with E-state index in [4.69, 9.17) is 31.2 Å². The molecule has 2 aromatic carbocycles. The Morgan fingerprint density at radius 2 is 1.53 bits per heavy atom. The third-order valence-electron chi connectivity index (χ3n) is 5.69. The fourth-order valence-electron chi connectivity index (χ4n) is 3.80. The second kappa shape index (κ2) is 9.48. The Labute approximate surface area is 193 Å². The van der Waals surface area contributed by atoms with E-state index in [0.29, 0.717) is 39.2 Å². The van der Waals surface area contributed by atoms with Crippen LogP contribution in [0.25, 0.3) is 0 Å². The Balaban J connectivity index is 2.22. The molecule has 32 heavy (non-hydrogen) atoms. The van der Waals surface area contributed by atoms with E-state index in [9.17, 15) is 4.79 Å². The van der Waals surface area contributed by atoms with Crippen molar-refractivity contribution in [1.82, 2.24) is 5.32 Å². The van der Waals surface area contributed by atoms with Crippen molar-refractivity contribution in [3.8, 4) is 17.2 Å². The lowest BCUT2D eigenvalue weighted by atomic mass is 9.93. The molecule has 2 aromatic rings. The zero-order valence-corrected chi connectivity index (χ0v) is 20.2. The number of allylic oxidation sites excluding steroid dienone is 1. The second-order valence-corrected chi connectivity index (χ2v) is 7.81. The molecule has 0 radical (unpaired) electrons. The zero-order chi connectivity index (χ0) is 23.6. The van der Waals surface area contributed by atoms with Crippen molar-refractivity contribution in [3.05, 3.63) is 58.3 Å². The molecule has 1 unspecified atom stereocenters. The summed E-state index contributed by atoms with van der Waals surface area (Å²) >= 11 is 5.74. The van der Waals surface area contributed by atoms with Gasteiger partial charge in [0.15, 0.2) is 16.6 Å². The van der Waals surface area contributed by atoms with Gasteiger partial charge in [-0.15, -0.1) is 0 Å². The molecule has 170 valence electrons. The highest BCUT2D eigenvalue weighted by Gasteiger charge is 2.37. The summed E-state index contributed by atoms with van der Waals surface area (Å²) in [6.07, 6.45) is 0. The molecular weight excluding hydrogens is 428 g/mol. The lowest BCUT2D eigenvalue weighted by molar-refractivity contribution is -0.136. The van der Waals surface area contributed by atoms with E-state index in [0.717, 1.165) is 11.3 Å². The van der Waals surface area contributed by atoms with Gasteiger partial charge in [0.05, 0.1) is 40.1 Å². The molecule has 7 nitrogen and oxygen atoms in total. The molecule has 0 saturated carbocycles. The molecule has 0 bridgehead atoms. The molecule has 1 atom stereocenters. The topological polar surface area (TPSA) is 69.3 Å². The first-order valence-electron chi connectivity index (χ1n) is 10.0. The third kappa shape index (κ3) is 4.10. The number of hydrogen-bond donors (Lipinski definition) is 1. The van der Waals surface area contributed by atoms with Gasteiger partial charge in [-0.1, -0.05) is 6.07 Å². The van der Waals surface area contributed by atoms with E-state index in [1.807, 2.05) is 43.9 Å². The summed E-state index contributed by atoms with van der Waals surface area (Å²) in [4.78, 5) is 14.8. The lowest BCUT2D eigenvalue weighted by Crippen LogP contribution is -2.48. The first-order chi connectivity index (χ1) is 15.3. The summed E-state index contributed by atoms with van der Waals surface area (Å²) in [5, 5.41) is 3.76. The Hall–Kier alpha value is -3.26. The van der Waals surface area contributed by atoms with Gasteiger partial charge in [0.2, 0.25) is 0 Å². The highest BCUT2D eigenvalue weighted by molar-refractivity contribution is 7.80. The maximum atomic E-state index is 13.0. The van der Waals surface area contributed by atoms with Crippen LogP contribution < -0.4 is 24.4 Å². The van der Waals surface area contributed by atoms with E-state index >= 15 is 0 Å². The van der Waals surface area contributed by atoms with E-state index < -0.39 is 12.0 Å². The second-order valence-electron chi connectivity index (χ2n) is 7.43. The molecule has 1 aliphatic rings. The molecule has 0 fully saturated rings. The van der Waals surface area contributed by atoms with Gasteiger partial charge in [-0.3, -0.25) is 4.90 Å². The summed E-state index contributed by atoms with van der Waals surface area (Å²) in [7, 11) is 6.02. The quantitative estimate of drug-likeness (QED) is 0.512. The van der Waals surface area contributed by atoms with Crippen molar-refractivity contribution in [3.63, 3.8) is 0 Å². The van der Waals surface area contributed by atoms with Gasteiger partial charge in [-0.2, -0.15) is 0 Å². The highest BCUT2D eigenvalue weighted by atomic mass is 32.1. The normalized spacial score (nSPS) is 15.9. The molecule has 0 aromatic heterocycles. The molecule has 8 heteroatoms. The minimum Gasteiger partial charge on any atom is -0.496 e. The number of thiocarbonyl (C=S) groups is 1. The van der Waals surface area contributed by atoms with Crippen LogP contribution in [0, 0.1) is 13.8 Å². The minimum atomic E-state index is -0.604. The molecule has 3 rings (SSSR count). The Morgan fingerprint density at radius 1 is 0.906 bits per heavy atom. The number of benzene rings is 2. The maximum absolute atomic E-state index is 13.0. The fraction of sp³-hybridized carbons (Fsp3) is 0.333.